The van der Waals surface area contributed by atoms with Gasteiger partial charge in [0.2, 0.25) is 0 Å². The normalized spacial score (nSPS) is 30.9. The van der Waals surface area contributed by atoms with Crippen molar-refractivity contribution < 1.29 is 0 Å². The Morgan fingerprint density at radius 2 is 2.00 bits per heavy atom. The third-order valence-corrected chi connectivity index (χ3v) is 2.94. The van der Waals surface area contributed by atoms with Crippen LogP contribution in [-0.2, 0) is 0 Å². The van der Waals surface area contributed by atoms with Crippen LogP contribution in [-0.4, -0.2) is 42.0 Å². The minimum Gasteiger partial charge on any atom is -0.309 e. The summed E-state index contributed by atoms with van der Waals surface area (Å²) in [6.07, 6.45) is 6.03. The van der Waals surface area contributed by atoms with Gasteiger partial charge in [0.25, 0.3) is 0 Å². The molecule has 2 heterocycles. The molecule has 12 heavy (non-hydrogen) atoms. The van der Waals surface area contributed by atoms with Gasteiger partial charge in [-0.05, 0) is 25.8 Å². The zero-order chi connectivity index (χ0) is 8.39. The highest BCUT2D eigenvalue weighted by Gasteiger charge is 2.27. The van der Waals surface area contributed by atoms with Gasteiger partial charge in [-0.2, -0.15) is 5.26 Å². The molecular formula is C9H15N3. The quantitative estimate of drug-likeness (QED) is 0.493. The molecule has 2 rings (SSSR count). The molecule has 2 aliphatic rings. The number of rotatable bonds is 0. The fourth-order valence-corrected chi connectivity index (χ4v) is 2.30. The third kappa shape index (κ3) is 1.39. The lowest BCUT2D eigenvalue weighted by Crippen LogP contribution is -2.34. The highest BCUT2D eigenvalue weighted by molar-refractivity contribution is 4.88. The average Bonchev–Trinajstić information content (AvgIpc) is 2.43. The molecule has 0 saturated carbocycles. The molecule has 0 bridgehead atoms. The first-order valence-corrected chi connectivity index (χ1v) is 4.79. The van der Waals surface area contributed by atoms with E-state index in [0.717, 1.165) is 19.5 Å². The molecule has 1 unspecified atom stereocenters. The van der Waals surface area contributed by atoms with Crippen LogP contribution in [0.2, 0.25) is 0 Å². The topological polar surface area (TPSA) is 30.3 Å². The van der Waals surface area contributed by atoms with E-state index < -0.39 is 0 Å². The van der Waals surface area contributed by atoms with E-state index in [1.54, 1.807) is 0 Å². The highest BCUT2D eigenvalue weighted by atomic mass is 15.2. The van der Waals surface area contributed by atoms with E-state index in [4.69, 9.17) is 5.26 Å². The van der Waals surface area contributed by atoms with Crippen LogP contribution < -0.4 is 0 Å². The van der Waals surface area contributed by atoms with Crippen molar-refractivity contribution in [2.24, 2.45) is 0 Å². The minimum absolute atomic E-state index is 0.673. The number of nitriles is 1. The maximum absolute atomic E-state index is 8.79. The summed E-state index contributed by atoms with van der Waals surface area (Å²) in [6, 6.07) is 0.673. The first kappa shape index (κ1) is 7.88. The Kier molecular flexibility index (Phi) is 2.18. The molecule has 0 aromatic heterocycles. The SMILES string of the molecule is N#CN1CCCN2CCCC2C1. The molecule has 1 atom stereocenters. The molecule has 0 aliphatic carbocycles. The second kappa shape index (κ2) is 3.32. The van der Waals surface area contributed by atoms with Crippen LogP contribution in [0.4, 0.5) is 0 Å². The lowest BCUT2D eigenvalue weighted by molar-refractivity contribution is 0.252. The fourth-order valence-electron chi connectivity index (χ4n) is 2.30. The summed E-state index contributed by atoms with van der Waals surface area (Å²) in [5, 5.41) is 8.79. The van der Waals surface area contributed by atoms with Crippen LogP contribution in [0.5, 0.6) is 0 Å². The van der Waals surface area contributed by atoms with Crippen molar-refractivity contribution in [1.29, 1.82) is 5.26 Å². The van der Waals surface area contributed by atoms with Crippen LogP contribution >= 0.6 is 0 Å². The molecule has 0 spiro atoms. The van der Waals surface area contributed by atoms with Crippen molar-refractivity contribution in [1.82, 2.24) is 9.80 Å². The van der Waals surface area contributed by atoms with Crippen LogP contribution in [0.3, 0.4) is 0 Å². The first-order valence-electron chi connectivity index (χ1n) is 4.79. The van der Waals surface area contributed by atoms with Gasteiger partial charge in [-0.15, -0.1) is 0 Å². The van der Waals surface area contributed by atoms with E-state index >= 15 is 0 Å². The van der Waals surface area contributed by atoms with Crippen LogP contribution in [0.15, 0.2) is 0 Å². The molecule has 66 valence electrons. The summed E-state index contributed by atoms with van der Waals surface area (Å²) in [5.41, 5.74) is 0. The predicted octanol–water partition coefficient (Wildman–Crippen LogP) is 0.638. The summed E-state index contributed by atoms with van der Waals surface area (Å²) in [7, 11) is 0. The average molecular weight is 165 g/mol. The van der Waals surface area contributed by atoms with Crippen molar-refractivity contribution in [3.63, 3.8) is 0 Å². The largest absolute Gasteiger partial charge is 0.309 e. The molecule has 0 N–H and O–H groups in total. The van der Waals surface area contributed by atoms with Crippen LogP contribution in [0.25, 0.3) is 0 Å². The summed E-state index contributed by atoms with van der Waals surface area (Å²) >= 11 is 0. The Morgan fingerprint density at radius 3 is 2.83 bits per heavy atom. The van der Waals surface area contributed by atoms with Crippen molar-refractivity contribution >= 4 is 0 Å². The molecule has 3 heteroatoms. The van der Waals surface area contributed by atoms with E-state index in [1.807, 2.05) is 4.90 Å². The summed E-state index contributed by atoms with van der Waals surface area (Å²) in [4.78, 5) is 4.45. The van der Waals surface area contributed by atoms with Crippen LogP contribution in [0.1, 0.15) is 19.3 Å². The number of hydrogen-bond acceptors (Lipinski definition) is 3. The fraction of sp³-hybridized carbons (Fsp3) is 0.889. The monoisotopic (exact) mass is 165 g/mol. The number of nitrogens with zero attached hydrogens (tertiary/aromatic N) is 3. The van der Waals surface area contributed by atoms with Gasteiger partial charge in [-0.1, -0.05) is 0 Å². The van der Waals surface area contributed by atoms with E-state index in [2.05, 4.69) is 11.1 Å². The molecule has 2 saturated heterocycles. The van der Waals surface area contributed by atoms with E-state index in [1.165, 1.54) is 25.9 Å². The molecule has 0 amide bonds. The van der Waals surface area contributed by atoms with E-state index in [-0.39, 0.29) is 0 Å². The smallest absolute Gasteiger partial charge is 0.179 e. The van der Waals surface area contributed by atoms with E-state index in [0.29, 0.717) is 6.04 Å². The molecule has 2 aliphatic heterocycles. The first-order chi connectivity index (χ1) is 5.90. The Hall–Kier alpha value is -0.750. The Labute approximate surface area is 73.6 Å². The molecule has 0 aromatic carbocycles. The van der Waals surface area contributed by atoms with E-state index in [9.17, 15) is 0 Å². The zero-order valence-electron chi connectivity index (χ0n) is 7.37. The molecule has 0 radical (unpaired) electrons. The summed E-state index contributed by atoms with van der Waals surface area (Å²) in [6.45, 7) is 4.38. The molecule has 2 fully saturated rings. The Morgan fingerprint density at radius 1 is 1.17 bits per heavy atom. The number of fused-ring (bicyclic) bond motifs is 1. The second-order valence-electron chi connectivity index (χ2n) is 3.73. The maximum atomic E-state index is 8.79. The minimum atomic E-state index is 0.673. The van der Waals surface area contributed by atoms with Gasteiger partial charge in [-0.3, -0.25) is 4.90 Å². The molecular weight excluding hydrogens is 150 g/mol. The highest BCUT2D eigenvalue weighted by Crippen LogP contribution is 2.20. The van der Waals surface area contributed by atoms with Gasteiger partial charge in [0.1, 0.15) is 0 Å². The standard InChI is InChI=1S/C9H15N3/c10-8-11-4-2-6-12-5-1-3-9(12)7-11/h9H,1-7H2. The summed E-state index contributed by atoms with van der Waals surface area (Å²) in [5.74, 6) is 0. The lowest BCUT2D eigenvalue weighted by Gasteiger charge is -2.21. The maximum Gasteiger partial charge on any atom is 0.179 e. The zero-order valence-corrected chi connectivity index (χ0v) is 7.37. The molecule has 3 nitrogen and oxygen atoms in total. The van der Waals surface area contributed by atoms with Gasteiger partial charge in [0.15, 0.2) is 6.19 Å². The van der Waals surface area contributed by atoms with Crippen molar-refractivity contribution in [3.8, 4) is 6.19 Å². The molecule has 0 aromatic rings. The summed E-state index contributed by atoms with van der Waals surface area (Å²) < 4.78 is 0. The van der Waals surface area contributed by atoms with Crippen molar-refractivity contribution in [3.05, 3.63) is 0 Å². The van der Waals surface area contributed by atoms with Crippen LogP contribution in [0, 0.1) is 11.5 Å². The van der Waals surface area contributed by atoms with Gasteiger partial charge in [-0.25, -0.2) is 0 Å². The van der Waals surface area contributed by atoms with Crippen molar-refractivity contribution in [2.75, 3.05) is 26.2 Å². The Bertz CT molecular complexity index is 196. The van der Waals surface area contributed by atoms with Gasteiger partial charge < -0.3 is 4.90 Å². The predicted molar refractivity (Wildman–Crippen MR) is 46.4 cm³/mol. The number of hydrogen-bond donors (Lipinski definition) is 0. The third-order valence-electron chi connectivity index (χ3n) is 2.94. The van der Waals surface area contributed by atoms with Crippen molar-refractivity contribution in [2.45, 2.75) is 25.3 Å². The lowest BCUT2D eigenvalue weighted by atomic mass is 10.2. The van der Waals surface area contributed by atoms with Gasteiger partial charge >= 0.3 is 0 Å². The Balaban J connectivity index is 2.00. The second-order valence-corrected chi connectivity index (χ2v) is 3.73. The van der Waals surface area contributed by atoms with Gasteiger partial charge in [0, 0.05) is 25.7 Å². The van der Waals surface area contributed by atoms with Gasteiger partial charge in [0.05, 0.1) is 0 Å².